The van der Waals surface area contributed by atoms with Crippen LogP contribution in [0.15, 0.2) is 78.9 Å². The summed E-state index contributed by atoms with van der Waals surface area (Å²) in [7, 11) is 1.75. The lowest BCUT2D eigenvalue weighted by Gasteiger charge is -2.24. The molecule has 4 nitrogen and oxygen atoms in total. The first kappa shape index (κ1) is 19.0. The van der Waals surface area contributed by atoms with Gasteiger partial charge < -0.3 is 4.90 Å². The highest BCUT2D eigenvalue weighted by Gasteiger charge is 2.25. The molecule has 5 heteroatoms. The van der Waals surface area contributed by atoms with E-state index in [1.165, 1.54) is 0 Å². The Morgan fingerprint density at radius 2 is 1.48 bits per heavy atom. The van der Waals surface area contributed by atoms with Gasteiger partial charge in [-0.05, 0) is 25.1 Å². The maximum Gasteiger partial charge on any atom is 0.254 e. The number of rotatable bonds is 5. The summed E-state index contributed by atoms with van der Waals surface area (Å²) >= 11 is 1.58. The molecular weight excluding hydrogens is 380 g/mol. The van der Waals surface area contributed by atoms with Crippen LogP contribution >= 0.6 is 11.3 Å². The Bertz CT molecular complexity index is 1150. The minimum Gasteiger partial charge on any atom is -0.332 e. The molecule has 1 atom stereocenters. The fraction of sp³-hybridized carbons (Fsp3) is 0.125. The van der Waals surface area contributed by atoms with Gasteiger partial charge in [-0.3, -0.25) is 9.59 Å². The van der Waals surface area contributed by atoms with E-state index in [1.54, 1.807) is 59.7 Å². The molecule has 4 aromatic rings. The third kappa shape index (κ3) is 3.69. The van der Waals surface area contributed by atoms with E-state index in [9.17, 15) is 9.59 Å². The normalized spacial score (nSPS) is 11.9. The predicted molar refractivity (Wildman–Crippen MR) is 116 cm³/mol. The Morgan fingerprint density at radius 1 is 0.862 bits per heavy atom. The maximum absolute atomic E-state index is 13.3. The third-order valence-corrected chi connectivity index (χ3v) is 6.21. The lowest BCUT2D eigenvalue weighted by Crippen LogP contribution is -2.31. The minimum absolute atomic E-state index is 0.157. The highest BCUT2D eigenvalue weighted by atomic mass is 32.1. The Morgan fingerprint density at radius 3 is 2.21 bits per heavy atom. The van der Waals surface area contributed by atoms with E-state index in [2.05, 4.69) is 4.98 Å². The number of aromatic nitrogens is 1. The van der Waals surface area contributed by atoms with Crippen LogP contribution in [0.3, 0.4) is 0 Å². The lowest BCUT2D eigenvalue weighted by atomic mass is 9.97. The summed E-state index contributed by atoms with van der Waals surface area (Å²) in [6.45, 7) is 1.96. The van der Waals surface area contributed by atoms with E-state index in [0.29, 0.717) is 16.7 Å². The van der Waals surface area contributed by atoms with Crippen molar-refractivity contribution in [3.63, 3.8) is 0 Å². The molecule has 3 aromatic carbocycles. The number of para-hydroxylation sites is 1. The number of carbonyl (C=O) groups is 2. The summed E-state index contributed by atoms with van der Waals surface area (Å²) in [5, 5.41) is 0.869. The van der Waals surface area contributed by atoms with Crippen molar-refractivity contribution in [1.82, 2.24) is 9.88 Å². The van der Waals surface area contributed by atoms with Crippen LogP contribution in [0.2, 0.25) is 0 Å². The van der Waals surface area contributed by atoms with Gasteiger partial charge in [-0.2, -0.15) is 0 Å². The van der Waals surface area contributed by atoms with E-state index in [0.717, 1.165) is 15.2 Å². The molecule has 0 aliphatic rings. The van der Waals surface area contributed by atoms with Gasteiger partial charge in [0.1, 0.15) is 5.01 Å². The first-order chi connectivity index (χ1) is 14.1. The van der Waals surface area contributed by atoms with Crippen LogP contribution in [0.5, 0.6) is 0 Å². The van der Waals surface area contributed by atoms with Crippen LogP contribution in [0.25, 0.3) is 10.2 Å². The number of nitrogens with zero attached hydrogens (tertiary/aromatic N) is 2. The highest BCUT2D eigenvalue weighted by molar-refractivity contribution is 7.18. The number of carbonyl (C=O) groups excluding carboxylic acids is 2. The number of fused-ring (bicyclic) bond motifs is 1. The SMILES string of the molecule is C[C@@H](c1nc2ccccc2s1)N(C)C(=O)c1ccccc1C(=O)c1ccccc1. The van der Waals surface area contributed by atoms with Crippen LogP contribution in [-0.2, 0) is 0 Å². The van der Waals surface area contributed by atoms with Crippen LogP contribution in [0.4, 0.5) is 0 Å². The van der Waals surface area contributed by atoms with Crippen molar-refractivity contribution in [3.05, 3.63) is 101 Å². The molecule has 0 saturated carbocycles. The van der Waals surface area contributed by atoms with Crippen molar-refractivity contribution in [2.45, 2.75) is 13.0 Å². The zero-order valence-corrected chi connectivity index (χ0v) is 17.0. The van der Waals surface area contributed by atoms with Crippen LogP contribution < -0.4 is 0 Å². The Labute approximate surface area is 173 Å². The summed E-state index contributed by atoms with van der Waals surface area (Å²) < 4.78 is 1.09. The van der Waals surface area contributed by atoms with Crippen LogP contribution in [0.1, 0.15) is 44.3 Å². The molecule has 4 rings (SSSR count). The molecule has 0 aliphatic heterocycles. The fourth-order valence-corrected chi connectivity index (χ4v) is 4.28. The molecule has 0 spiro atoms. The molecule has 0 bridgehead atoms. The van der Waals surface area contributed by atoms with Gasteiger partial charge in [0.2, 0.25) is 0 Å². The summed E-state index contributed by atoms with van der Waals surface area (Å²) in [6.07, 6.45) is 0. The first-order valence-electron chi connectivity index (χ1n) is 9.37. The van der Waals surface area contributed by atoms with Gasteiger partial charge >= 0.3 is 0 Å². The zero-order valence-electron chi connectivity index (χ0n) is 16.2. The van der Waals surface area contributed by atoms with Gasteiger partial charge in [-0.25, -0.2) is 4.98 Å². The minimum atomic E-state index is -0.209. The number of benzene rings is 3. The summed E-state index contributed by atoms with van der Waals surface area (Å²) in [6, 6.07) is 23.7. The Balaban J connectivity index is 1.65. The molecule has 144 valence electrons. The molecule has 29 heavy (non-hydrogen) atoms. The quantitative estimate of drug-likeness (QED) is 0.424. The van der Waals surface area contributed by atoms with Gasteiger partial charge in [0.15, 0.2) is 5.78 Å². The topological polar surface area (TPSA) is 50.3 Å². The molecule has 1 amide bonds. The van der Waals surface area contributed by atoms with Gasteiger partial charge in [-0.15, -0.1) is 11.3 Å². The Kier molecular flexibility index (Phi) is 5.23. The maximum atomic E-state index is 13.3. The number of ketones is 1. The van der Waals surface area contributed by atoms with Crippen molar-refractivity contribution >= 4 is 33.2 Å². The predicted octanol–water partition coefficient (Wildman–Crippen LogP) is 5.36. The van der Waals surface area contributed by atoms with Crippen molar-refractivity contribution < 1.29 is 9.59 Å². The van der Waals surface area contributed by atoms with Gasteiger partial charge in [0.05, 0.1) is 21.8 Å². The third-order valence-electron chi connectivity index (χ3n) is 5.01. The van der Waals surface area contributed by atoms with E-state index >= 15 is 0 Å². The second-order valence-electron chi connectivity index (χ2n) is 6.85. The standard InChI is InChI=1S/C24H20N2O2S/c1-16(23-25-20-14-8-9-15-21(20)29-23)26(2)24(28)19-13-7-6-12-18(19)22(27)17-10-4-3-5-11-17/h3-16H,1-2H3/t16-/m0/s1. The van der Waals surface area contributed by atoms with E-state index in [-0.39, 0.29) is 17.7 Å². The molecule has 0 aliphatic carbocycles. The molecule has 1 heterocycles. The molecule has 1 aromatic heterocycles. The second-order valence-corrected chi connectivity index (χ2v) is 7.91. The smallest absolute Gasteiger partial charge is 0.254 e. The van der Waals surface area contributed by atoms with Crippen LogP contribution in [0, 0.1) is 0 Å². The Hall–Kier alpha value is -3.31. The molecule has 0 fully saturated rings. The highest BCUT2D eigenvalue weighted by Crippen LogP contribution is 2.30. The number of amides is 1. The van der Waals surface area contributed by atoms with Gasteiger partial charge in [0, 0.05) is 18.2 Å². The molecule has 0 unspecified atom stereocenters. The van der Waals surface area contributed by atoms with Crippen molar-refractivity contribution in [2.24, 2.45) is 0 Å². The van der Waals surface area contributed by atoms with Gasteiger partial charge in [-0.1, -0.05) is 60.7 Å². The first-order valence-corrected chi connectivity index (χ1v) is 10.2. The fourth-order valence-electron chi connectivity index (χ4n) is 3.21. The van der Waals surface area contributed by atoms with E-state index in [4.69, 9.17) is 0 Å². The summed E-state index contributed by atoms with van der Waals surface area (Å²) in [4.78, 5) is 32.6. The average molecular weight is 401 g/mol. The van der Waals surface area contributed by atoms with Crippen molar-refractivity contribution in [1.29, 1.82) is 0 Å². The summed E-state index contributed by atoms with van der Waals surface area (Å²) in [5.41, 5.74) is 2.30. The lowest BCUT2D eigenvalue weighted by molar-refractivity contribution is 0.0738. The number of hydrogen-bond donors (Lipinski definition) is 0. The monoisotopic (exact) mass is 400 g/mol. The van der Waals surface area contributed by atoms with Crippen molar-refractivity contribution in [3.8, 4) is 0 Å². The molecule has 0 N–H and O–H groups in total. The molecule has 0 radical (unpaired) electrons. The number of thiazole rings is 1. The van der Waals surface area contributed by atoms with Gasteiger partial charge in [0.25, 0.3) is 5.91 Å². The second kappa shape index (κ2) is 7.97. The van der Waals surface area contributed by atoms with Crippen LogP contribution in [-0.4, -0.2) is 28.6 Å². The van der Waals surface area contributed by atoms with E-state index < -0.39 is 0 Å². The number of hydrogen-bond acceptors (Lipinski definition) is 4. The summed E-state index contributed by atoms with van der Waals surface area (Å²) in [5.74, 6) is -0.354. The molecule has 0 saturated heterocycles. The average Bonchev–Trinajstić information content (AvgIpc) is 3.22. The molecular formula is C24H20N2O2S. The zero-order chi connectivity index (χ0) is 20.4. The van der Waals surface area contributed by atoms with Crippen molar-refractivity contribution in [2.75, 3.05) is 7.05 Å². The van der Waals surface area contributed by atoms with E-state index in [1.807, 2.05) is 49.4 Å². The largest absolute Gasteiger partial charge is 0.332 e.